The molecule has 30 heavy (non-hydrogen) atoms. The molecule has 1 heterocycles. The fourth-order valence-electron chi connectivity index (χ4n) is 3.84. The number of aromatic nitrogens is 1. The predicted molar refractivity (Wildman–Crippen MR) is 115 cm³/mol. The third kappa shape index (κ3) is 3.81. The Bertz CT molecular complexity index is 1180. The number of allylic oxidation sites excluding steroid dienone is 1. The number of aryl methyl sites for hydroxylation is 2. The fourth-order valence-corrected chi connectivity index (χ4v) is 3.84. The average Bonchev–Trinajstić information content (AvgIpc) is 3.04. The van der Waals surface area contributed by atoms with E-state index in [1.165, 1.54) is 12.7 Å². The van der Waals surface area contributed by atoms with E-state index in [0.29, 0.717) is 29.7 Å². The monoisotopic (exact) mass is 398 g/mol. The molecule has 1 aliphatic rings. The summed E-state index contributed by atoms with van der Waals surface area (Å²) in [7, 11) is 1.37. The first-order chi connectivity index (χ1) is 14.5. The number of ether oxygens (including phenoxy) is 1. The average molecular weight is 398 g/mol. The van der Waals surface area contributed by atoms with Gasteiger partial charge in [0.05, 0.1) is 7.11 Å². The summed E-state index contributed by atoms with van der Waals surface area (Å²) in [5.41, 5.74) is 7.07. The summed E-state index contributed by atoms with van der Waals surface area (Å²) in [6.45, 7) is 4.72. The second kappa shape index (κ2) is 8.07. The molecule has 0 fully saturated rings. The Balaban J connectivity index is 1.70. The van der Waals surface area contributed by atoms with Crippen molar-refractivity contribution >= 4 is 17.8 Å². The zero-order valence-corrected chi connectivity index (χ0v) is 17.4. The molecular formula is C26H24NO3+. The first kappa shape index (κ1) is 19.8. The van der Waals surface area contributed by atoms with E-state index in [0.717, 1.165) is 22.3 Å². The Morgan fingerprint density at radius 3 is 2.57 bits per heavy atom. The zero-order valence-electron chi connectivity index (χ0n) is 17.4. The van der Waals surface area contributed by atoms with E-state index >= 15 is 0 Å². The third-order valence-corrected chi connectivity index (χ3v) is 5.63. The van der Waals surface area contributed by atoms with Crippen molar-refractivity contribution in [3.8, 4) is 0 Å². The van der Waals surface area contributed by atoms with E-state index in [9.17, 15) is 9.59 Å². The molecule has 2 aromatic carbocycles. The summed E-state index contributed by atoms with van der Waals surface area (Å²) in [6.07, 6.45) is 6.11. The van der Waals surface area contributed by atoms with Gasteiger partial charge in [0, 0.05) is 34.8 Å². The lowest BCUT2D eigenvalue weighted by Crippen LogP contribution is -2.35. The molecule has 1 aliphatic carbocycles. The van der Waals surface area contributed by atoms with Crippen molar-refractivity contribution in [2.45, 2.75) is 26.8 Å². The second-order valence-corrected chi connectivity index (χ2v) is 7.73. The van der Waals surface area contributed by atoms with E-state index in [1.54, 1.807) is 6.20 Å². The smallest absolute Gasteiger partial charge is 0.344 e. The number of Topliss-reactive ketones (excluding diaryl/α,β-unsaturated/α-hetero) is 1. The molecule has 0 bridgehead atoms. The summed E-state index contributed by atoms with van der Waals surface area (Å²) in [5, 5.41) is 0. The highest BCUT2D eigenvalue weighted by Gasteiger charge is 2.26. The number of nitrogens with zero attached hydrogens (tertiary/aromatic N) is 1. The van der Waals surface area contributed by atoms with Crippen LogP contribution in [0.15, 0.2) is 66.5 Å². The van der Waals surface area contributed by atoms with E-state index in [2.05, 4.69) is 13.0 Å². The van der Waals surface area contributed by atoms with Gasteiger partial charge in [0.1, 0.15) is 5.56 Å². The Morgan fingerprint density at radius 1 is 1.10 bits per heavy atom. The molecule has 1 aromatic heterocycles. The summed E-state index contributed by atoms with van der Waals surface area (Å²) in [6, 6.07) is 16.0. The van der Waals surface area contributed by atoms with Gasteiger partial charge in [0.2, 0.25) is 0 Å². The molecule has 0 saturated carbocycles. The van der Waals surface area contributed by atoms with Crippen molar-refractivity contribution in [1.82, 2.24) is 0 Å². The number of benzene rings is 2. The van der Waals surface area contributed by atoms with Crippen LogP contribution in [0.1, 0.15) is 48.5 Å². The minimum absolute atomic E-state index is 0.0323. The zero-order chi connectivity index (χ0) is 21.3. The molecule has 0 atom stereocenters. The molecule has 0 radical (unpaired) electrons. The molecule has 0 spiro atoms. The minimum atomic E-state index is -0.418. The van der Waals surface area contributed by atoms with Crippen molar-refractivity contribution in [1.29, 1.82) is 0 Å². The molecule has 0 unspecified atom stereocenters. The van der Waals surface area contributed by atoms with Crippen molar-refractivity contribution in [2.75, 3.05) is 7.11 Å². The molecule has 0 N–H and O–H groups in total. The van der Waals surface area contributed by atoms with Gasteiger partial charge in [0.15, 0.2) is 24.7 Å². The van der Waals surface area contributed by atoms with E-state index in [4.69, 9.17) is 4.74 Å². The van der Waals surface area contributed by atoms with Crippen LogP contribution in [0.3, 0.4) is 0 Å². The minimum Gasteiger partial charge on any atom is -0.465 e. The summed E-state index contributed by atoms with van der Waals surface area (Å²) < 4.78 is 6.95. The van der Waals surface area contributed by atoms with Crippen molar-refractivity contribution in [3.63, 3.8) is 0 Å². The maximum Gasteiger partial charge on any atom is 0.344 e. The first-order valence-corrected chi connectivity index (χ1v) is 9.97. The molecule has 4 rings (SSSR count). The Labute approximate surface area is 176 Å². The molecule has 0 aliphatic heterocycles. The van der Waals surface area contributed by atoms with Crippen molar-refractivity contribution in [3.05, 3.63) is 105 Å². The number of carbonyl (C=O) groups is 2. The van der Waals surface area contributed by atoms with Gasteiger partial charge in [-0.15, -0.1) is 0 Å². The van der Waals surface area contributed by atoms with Gasteiger partial charge in [-0.2, -0.15) is 4.57 Å². The standard InChI is InChI=1S/C26H24NO3/c1-17-11-21-14-22(25(28)23(21)12-18(17)2)13-20-9-10-27(16-24(20)26(29)30-3)15-19-7-5-4-6-8-19/h4-13,16H,14-15H2,1-3H3/q+1/b22-13+. The van der Waals surface area contributed by atoms with Crippen LogP contribution in [-0.4, -0.2) is 18.9 Å². The van der Waals surface area contributed by atoms with Gasteiger partial charge in [-0.05, 0) is 42.7 Å². The molecule has 150 valence electrons. The van der Waals surface area contributed by atoms with Crippen molar-refractivity contribution in [2.24, 2.45) is 0 Å². The Kier molecular flexibility index (Phi) is 5.32. The lowest BCUT2D eigenvalue weighted by molar-refractivity contribution is -0.688. The van der Waals surface area contributed by atoms with Crippen LogP contribution in [-0.2, 0) is 17.7 Å². The largest absolute Gasteiger partial charge is 0.465 e. The predicted octanol–water partition coefficient (Wildman–Crippen LogP) is 4.25. The number of hydrogen-bond donors (Lipinski definition) is 0. The van der Waals surface area contributed by atoms with E-state index in [1.807, 2.05) is 66.2 Å². The van der Waals surface area contributed by atoms with Gasteiger partial charge in [-0.3, -0.25) is 4.79 Å². The lowest BCUT2D eigenvalue weighted by Gasteiger charge is -2.05. The number of esters is 1. The van der Waals surface area contributed by atoms with Crippen LogP contribution in [0, 0.1) is 13.8 Å². The number of carbonyl (C=O) groups excluding carboxylic acids is 2. The van der Waals surface area contributed by atoms with Gasteiger partial charge in [-0.25, -0.2) is 4.79 Å². The highest BCUT2D eigenvalue weighted by molar-refractivity contribution is 6.16. The molecule has 3 aromatic rings. The number of ketones is 1. The molecule has 4 heteroatoms. The van der Waals surface area contributed by atoms with Crippen LogP contribution >= 0.6 is 0 Å². The third-order valence-electron chi connectivity index (χ3n) is 5.63. The number of hydrogen-bond acceptors (Lipinski definition) is 3. The SMILES string of the molecule is COC(=O)c1c[n+](Cc2ccccc2)ccc1/C=C1\Cc2cc(C)c(C)cc2C1=O. The normalized spacial score (nSPS) is 14.1. The highest BCUT2D eigenvalue weighted by atomic mass is 16.5. The van der Waals surface area contributed by atoms with Crippen LogP contribution in [0.2, 0.25) is 0 Å². The van der Waals surface area contributed by atoms with E-state index < -0.39 is 5.97 Å². The number of methoxy groups -OCH3 is 1. The Morgan fingerprint density at radius 2 is 1.83 bits per heavy atom. The van der Waals surface area contributed by atoms with Crippen LogP contribution < -0.4 is 4.57 Å². The number of pyridine rings is 1. The quantitative estimate of drug-likeness (QED) is 0.375. The van der Waals surface area contributed by atoms with Gasteiger partial charge < -0.3 is 4.74 Å². The molecule has 0 saturated heterocycles. The maximum absolute atomic E-state index is 12.9. The maximum atomic E-state index is 12.9. The number of fused-ring (bicyclic) bond motifs is 1. The van der Waals surface area contributed by atoms with Crippen LogP contribution in [0.4, 0.5) is 0 Å². The number of rotatable bonds is 4. The molecule has 0 amide bonds. The molecular weight excluding hydrogens is 374 g/mol. The van der Waals surface area contributed by atoms with Crippen molar-refractivity contribution < 1.29 is 18.9 Å². The first-order valence-electron chi connectivity index (χ1n) is 9.97. The van der Waals surface area contributed by atoms with Gasteiger partial charge in [-0.1, -0.05) is 36.4 Å². The van der Waals surface area contributed by atoms with Gasteiger partial charge in [0.25, 0.3) is 0 Å². The second-order valence-electron chi connectivity index (χ2n) is 7.73. The summed E-state index contributed by atoms with van der Waals surface area (Å²) >= 11 is 0. The highest BCUT2D eigenvalue weighted by Crippen LogP contribution is 2.30. The van der Waals surface area contributed by atoms with Crippen LogP contribution in [0.25, 0.3) is 6.08 Å². The Hall–Kier alpha value is -3.53. The van der Waals surface area contributed by atoms with Gasteiger partial charge >= 0.3 is 5.97 Å². The topological polar surface area (TPSA) is 47.2 Å². The van der Waals surface area contributed by atoms with Crippen LogP contribution in [0.5, 0.6) is 0 Å². The summed E-state index contributed by atoms with van der Waals surface area (Å²) in [4.78, 5) is 25.4. The lowest BCUT2D eigenvalue weighted by atomic mass is 10.0. The fraction of sp³-hybridized carbons (Fsp3) is 0.192. The summed E-state index contributed by atoms with van der Waals surface area (Å²) in [5.74, 6) is -0.385. The molecule has 4 nitrogen and oxygen atoms in total. The van der Waals surface area contributed by atoms with E-state index in [-0.39, 0.29) is 5.78 Å².